The van der Waals surface area contributed by atoms with Gasteiger partial charge in [0.25, 0.3) is 0 Å². The summed E-state index contributed by atoms with van der Waals surface area (Å²) in [5, 5.41) is 22.3. The van der Waals surface area contributed by atoms with Crippen LogP contribution in [-0.4, -0.2) is 71.1 Å². The number of nitrogens with one attached hydrogen (secondary N) is 1. The minimum Gasteiger partial charge on any atom is -0.391 e. The normalized spacial score (nSPS) is 23.9. The Kier molecular flexibility index (Phi) is 6.53. The van der Waals surface area contributed by atoms with Gasteiger partial charge < -0.3 is 19.9 Å². The van der Waals surface area contributed by atoms with E-state index in [2.05, 4.69) is 20.2 Å². The lowest BCUT2D eigenvalue weighted by Gasteiger charge is -2.35. The van der Waals surface area contributed by atoms with Crippen molar-refractivity contribution in [1.29, 1.82) is 0 Å². The number of likely N-dealkylation sites (tertiary alicyclic amines) is 1. The van der Waals surface area contributed by atoms with Crippen LogP contribution in [0.2, 0.25) is 0 Å². The number of carbonyl (C=O) groups is 2. The molecule has 1 saturated carbocycles. The monoisotopic (exact) mass is 531 g/mol. The number of aliphatic hydroxyl groups is 1. The van der Waals surface area contributed by atoms with Gasteiger partial charge in [-0.25, -0.2) is 9.67 Å². The van der Waals surface area contributed by atoms with Gasteiger partial charge in [0, 0.05) is 55.8 Å². The highest BCUT2D eigenvalue weighted by Crippen LogP contribution is 2.40. The molecule has 2 amide bonds. The summed E-state index contributed by atoms with van der Waals surface area (Å²) in [4.78, 5) is 33.9. The molecule has 2 aliphatic heterocycles. The number of carbonyl (C=O) groups excluding carboxylic acids is 2. The number of rotatable bonds is 6. The third-order valence-electron chi connectivity index (χ3n) is 8.12. The Bertz CT molecular complexity index is 1350. The van der Waals surface area contributed by atoms with Crippen molar-refractivity contribution < 1.29 is 14.7 Å². The van der Waals surface area contributed by atoms with Gasteiger partial charge in [0.15, 0.2) is 0 Å². The second kappa shape index (κ2) is 9.89. The van der Waals surface area contributed by atoms with Crippen LogP contribution < -0.4 is 5.32 Å². The van der Waals surface area contributed by atoms with Gasteiger partial charge in [-0.05, 0) is 24.7 Å². The molecule has 2 N–H and O–H groups in total. The highest BCUT2D eigenvalue weighted by atomic mass is 16.3. The molecule has 206 valence electrons. The van der Waals surface area contributed by atoms with Crippen molar-refractivity contribution in [1.82, 2.24) is 34.8 Å². The first-order chi connectivity index (χ1) is 18.7. The number of aromatic nitrogens is 5. The van der Waals surface area contributed by atoms with Gasteiger partial charge in [-0.2, -0.15) is 0 Å². The first-order valence-corrected chi connectivity index (χ1v) is 14.0. The van der Waals surface area contributed by atoms with Gasteiger partial charge in [-0.3, -0.25) is 9.59 Å². The van der Waals surface area contributed by atoms with Gasteiger partial charge in [-0.1, -0.05) is 56.3 Å². The van der Waals surface area contributed by atoms with Crippen molar-refractivity contribution in [3.05, 3.63) is 54.2 Å². The molecule has 2 fully saturated rings. The lowest BCUT2D eigenvalue weighted by Crippen LogP contribution is -2.53. The topological polar surface area (TPSA) is 118 Å². The number of aryl methyl sites for hydroxylation is 1. The minimum atomic E-state index is -0.747. The smallest absolute Gasteiger partial charge is 0.248 e. The maximum absolute atomic E-state index is 14.0. The molecule has 39 heavy (non-hydrogen) atoms. The lowest BCUT2D eigenvalue weighted by molar-refractivity contribution is -0.144. The van der Waals surface area contributed by atoms with Crippen LogP contribution in [0.3, 0.4) is 0 Å². The fraction of sp³-hybridized carbons (Fsp3) is 0.552. The van der Waals surface area contributed by atoms with E-state index >= 15 is 0 Å². The quantitative estimate of drug-likeness (QED) is 0.505. The van der Waals surface area contributed by atoms with E-state index in [1.54, 1.807) is 9.58 Å². The zero-order valence-electron chi connectivity index (χ0n) is 22.8. The van der Waals surface area contributed by atoms with Gasteiger partial charge in [0.1, 0.15) is 17.9 Å². The molecule has 1 aromatic carbocycles. The number of β-amino-alcohol motifs (C(OH)–C–C–N with tert-alkyl or cyclic N) is 1. The summed E-state index contributed by atoms with van der Waals surface area (Å²) in [6.45, 7) is 6.72. The number of nitrogens with zero attached hydrogens (tertiary/aromatic N) is 6. The van der Waals surface area contributed by atoms with E-state index in [0.29, 0.717) is 12.5 Å². The average molecular weight is 532 g/mol. The Morgan fingerprint density at radius 1 is 1.08 bits per heavy atom. The summed E-state index contributed by atoms with van der Waals surface area (Å²) >= 11 is 0. The predicted molar refractivity (Wildman–Crippen MR) is 145 cm³/mol. The highest BCUT2D eigenvalue weighted by Gasteiger charge is 2.46. The van der Waals surface area contributed by atoms with Crippen molar-refractivity contribution in [2.45, 2.75) is 89.6 Å². The SMILES string of the molecule is CC(C)(C)[C@@H](C(=O)N1CC(O)CC1C(=O)NC1CCc2nc(-c3ccccc3)cn2C1)n1cc(C2CC2)nn1. The van der Waals surface area contributed by atoms with Crippen molar-refractivity contribution in [2.24, 2.45) is 5.41 Å². The van der Waals surface area contributed by atoms with E-state index in [0.717, 1.165) is 48.5 Å². The Labute approximate surface area is 228 Å². The summed E-state index contributed by atoms with van der Waals surface area (Å²) in [5.74, 6) is 1.01. The van der Waals surface area contributed by atoms with Crippen molar-refractivity contribution in [3.63, 3.8) is 0 Å². The zero-order valence-corrected chi connectivity index (χ0v) is 22.8. The summed E-state index contributed by atoms with van der Waals surface area (Å²) in [5.41, 5.74) is 2.45. The molecule has 1 saturated heterocycles. The largest absolute Gasteiger partial charge is 0.391 e. The number of hydrogen-bond acceptors (Lipinski definition) is 6. The lowest BCUT2D eigenvalue weighted by atomic mass is 9.85. The molecule has 4 atom stereocenters. The number of imidazole rings is 1. The summed E-state index contributed by atoms with van der Waals surface area (Å²) in [6.07, 6.45) is 7.12. The molecule has 4 heterocycles. The molecule has 10 heteroatoms. The van der Waals surface area contributed by atoms with Crippen molar-refractivity contribution in [2.75, 3.05) is 6.54 Å². The average Bonchev–Trinajstić information content (AvgIpc) is 3.29. The van der Waals surface area contributed by atoms with E-state index in [1.807, 2.05) is 63.5 Å². The molecule has 1 aliphatic carbocycles. The first kappa shape index (κ1) is 25.7. The standard InChI is InChI=1S/C29H37N7O3/c1-29(2,3)26(36-17-23(32-33-36)19-9-10-19)28(39)35-15-21(37)13-24(35)27(38)30-20-11-12-25-31-22(16-34(25)14-20)18-7-5-4-6-8-18/h4-8,16-17,19-21,24,26,37H,9-15H2,1-3H3,(H,30,38)/t20?,21?,24?,26-/m1/s1. The maximum atomic E-state index is 14.0. The van der Waals surface area contributed by atoms with Crippen LogP contribution in [0.1, 0.15) is 69.9 Å². The van der Waals surface area contributed by atoms with Crippen LogP contribution in [0.25, 0.3) is 11.3 Å². The molecule has 3 unspecified atom stereocenters. The van der Waals surface area contributed by atoms with Crippen molar-refractivity contribution >= 4 is 11.8 Å². The third-order valence-corrected chi connectivity index (χ3v) is 8.12. The minimum absolute atomic E-state index is 0.0765. The molecule has 0 bridgehead atoms. The highest BCUT2D eigenvalue weighted by molar-refractivity contribution is 5.90. The van der Waals surface area contributed by atoms with Gasteiger partial charge >= 0.3 is 0 Å². The van der Waals surface area contributed by atoms with Crippen LogP contribution in [0.5, 0.6) is 0 Å². The van der Waals surface area contributed by atoms with Gasteiger partial charge in [0.05, 0.1) is 17.5 Å². The number of hydrogen-bond donors (Lipinski definition) is 2. The number of aliphatic hydroxyl groups excluding tert-OH is 1. The number of benzene rings is 1. The molecule has 3 aliphatic rings. The van der Waals surface area contributed by atoms with E-state index in [1.165, 1.54) is 0 Å². The molecule has 0 spiro atoms. The predicted octanol–water partition coefficient (Wildman–Crippen LogP) is 2.70. The third kappa shape index (κ3) is 5.22. The molecule has 10 nitrogen and oxygen atoms in total. The molecular weight excluding hydrogens is 494 g/mol. The summed E-state index contributed by atoms with van der Waals surface area (Å²) in [7, 11) is 0. The van der Waals surface area contributed by atoms with Crippen LogP contribution in [-0.2, 0) is 22.6 Å². The number of amides is 2. The van der Waals surface area contributed by atoms with E-state index < -0.39 is 23.6 Å². The fourth-order valence-electron chi connectivity index (χ4n) is 5.93. The zero-order chi connectivity index (χ0) is 27.3. The fourth-order valence-corrected chi connectivity index (χ4v) is 5.93. The van der Waals surface area contributed by atoms with Crippen LogP contribution in [0.4, 0.5) is 0 Å². The molecule has 6 rings (SSSR count). The van der Waals surface area contributed by atoms with E-state index in [-0.39, 0.29) is 30.8 Å². The van der Waals surface area contributed by atoms with Gasteiger partial charge in [-0.15, -0.1) is 5.10 Å². The first-order valence-electron chi connectivity index (χ1n) is 14.0. The van der Waals surface area contributed by atoms with Crippen LogP contribution in [0, 0.1) is 5.41 Å². The van der Waals surface area contributed by atoms with Crippen LogP contribution in [0.15, 0.2) is 42.7 Å². The maximum Gasteiger partial charge on any atom is 0.248 e. The Balaban J connectivity index is 1.16. The Hall–Kier alpha value is -3.53. The molecule has 3 aromatic rings. The second-order valence-electron chi connectivity index (χ2n) is 12.4. The van der Waals surface area contributed by atoms with Gasteiger partial charge in [0.2, 0.25) is 11.8 Å². The molecule has 2 aromatic heterocycles. The molecule has 0 radical (unpaired) electrons. The van der Waals surface area contributed by atoms with E-state index in [9.17, 15) is 14.7 Å². The Morgan fingerprint density at radius 2 is 1.85 bits per heavy atom. The Morgan fingerprint density at radius 3 is 2.56 bits per heavy atom. The summed E-state index contributed by atoms with van der Waals surface area (Å²) in [6, 6.07) is 8.64. The second-order valence-corrected chi connectivity index (χ2v) is 12.4. The number of fused-ring (bicyclic) bond motifs is 1. The van der Waals surface area contributed by atoms with E-state index in [4.69, 9.17) is 4.98 Å². The van der Waals surface area contributed by atoms with Crippen molar-refractivity contribution in [3.8, 4) is 11.3 Å². The molecular formula is C29H37N7O3. The van der Waals surface area contributed by atoms with Crippen LogP contribution >= 0.6 is 0 Å². The summed E-state index contributed by atoms with van der Waals surface area (Å²) < 4.78 is 3.77.